The number of hydrogen-bond acceptors (Lipinski definition) is 5. The van der Waals surface area contributed by atoms with Crippen molar-refractivity contribution in [2.75, 3.05) is 6.54 Å². The lowest BCUT2D eigenvalue weighted by Gasteiger charge is -2.36. The summed E-state index contributed by atoms with van der Waals surface area (Å²) in [5.41, 5.74) is -0.276. The highest BCUT2D eigenvalue weighted by atomic mass is 32.2. The van der Waals surface area contributed by atoms with Crippen LogP contribution in [0.5, 0.6) is 0 Å². The van der Waals surface area contributed by atoms with Crippen LogP contribution in [0.3, 0.4) is 0 Å². The van der Waals surface area contributed by atoms with Gasteiger partial charge in [0.2, 0.25) is 10.0 Å². The van der Waals surface area contributed by atoms with Crippen molar-refractivity contribution in [1.29, 1.82) is 0 Å². The van der Waals surface area contributed by atoms with Gasteiger partial charge in [-0.2, -0.15) is 0 Å². The monoisotopic (exact) mass is 380 g/mol. The molecule has 134 valence electrons. The topological polar surface area (TPSA) is 89.3 Å². The van der Waals surface area contributed by atoms with E-state index in [0.29, 0.717) is 6.54 Å². The van der Waals surface area contributed by atoms with Crippen LogP contribution in [0.4, 0.5) is 5.69 Å². The Labute approximate surface area is 151 Å². The van der Waals surface area contributed by atoms with Crippen LogP contribution in [0.1, 0.15) is 37.0 Å². The Bertz CT molecular complexity index is 824. The molecule has 0 bridgehead atoms. The van der Waals surface area contributed by atoms with E-state index in [9.17, 15) is 18.5 Å². The highest BCUT2D eigenvalue weighted by Crippen LogP contribution is 2.41. The Hall–Kier alpha value is -1.77. The maximum absolute atomic E-state index is 12.6. The molecular weight excluding hydrogens is 360 g/mol. The van der Waals surface area contributed by atoms with E-state index in [4.69, 9.17) is 0 Å². The number of sulfonamides is 1. The van der Waals surface area contributed by atoms with Gasteiger partial charge in [0.1, 0.15) is 0 Å². The SMILES string of the molecule is O=[N+]([O-])c1ccc(S(=O)(=O)NCC2(c3cccs3)CCCCC2)cc1. The van der Waals surface area contributed by atoms with Gasteiger partial charge in [-0.1, -0.05) is 25.3 Å². The molecular formula is C17H20N2O4S2. The summed E-state index contributed by atoms with van der Waals surface area (Å²) in [6.07, 6.45) is 5.31. The maximum atomic E-state index is 12.6. The van der Waals surface area contributed by atoms with E-state index in [1.807, 2.05) is 11.4 Å². The number of thiophene rings is 1. The van der Waals surface area contributed by atoms with Gasteiger partial charge in [0.15, 0.2) is 0 Å². The van der Waals surface area contributed by atoms with E-state index in [1.165, 1.54) is 35.6 Å². The van der Waals surface area contributed by atoms with Gasteiger partial charge >= 0.3 is 0 Å². The fraction of sp³-hybridized carbons (Fsp3) is 0.412. The Kier molecular flexibility index (Phi) is 5.21. The molecule has 0 saturated heterocycles. The third kappa shape index (κ3) is 3.91. The number of nitro groups is 1. The van der Waals surface area contributed by atoms with Gasteiger partial charge < -0.3 is 0 Å². The van der Waals surface area contributed by atoms with Gasteiger partial charge in [-0.15, -0.1) is 11.3 Å². The lowest BCUT2D eigenvalue weighted by Crippen LogP contribution is -2.41. The van der Waals surface area contributed by atoms with Crippen molar-refractivity contribution in [3.8, 4) is 0 Å². The molecule has 0 atom stereocenters. The summed E-state index contributed by atoms with van der Waals surface area (Å²) in [7, 11) is -3.70. The summed E-state index contributed by atoms with van der Waals surface area (Å²) in [4.78, 5) is 11.4. The highest BCUT2D eigenvalue weighted by molar-refractivity contribution is 7.89. The minimum Gasteiger partial charge on any atom is -0.258 e. The van der Waals surface area contributed by atoms with Gasteiger partial charge in [-0.05, 0) is 36.4 Å². The molecule has 1 aromatic carbocycles. The Morgan fingerprint density at radius 2 is 1.80 bits per heavy atom. The fourth-order valence-corrected chi connectivity index (χ4v) is 5.50. The molecule has 1 fully saturated rings. The molecule has 0 amide bonds. The first kappa shape index (κ1) is 18.0. The summed E-state index contributed by atoms with van der Waals surface area (Å²) >= 11 is 1.67. The zero-order valence-corrected chi connectivity index (χ0v) is 15.3. The Balaban J connectivity index is 1.79. The standard InChI is InChI=1S/C17H20N2O4S2/c20-19(21)14-6-8-15(9-7-14)25(22,23)18-13-17(10-2-1-3-11-17)16-5-4-12-24-16/h4-9,12,18H,1-3,10-11,13H2. The summed E-state index contributed by atoms with van der Waals surface area (Å²) in [5.74, 6) is 0. The van der Waals surface area contributed by atoms with Gasteiger partial charge in [-0.25, -0.2) is 13.1 Å². The van der Waals surface area contributed by atoms with Crippen LogP contribution in [-0.2, 0) is 15.4 Å². The predicted octanol–water partition coefficient (Wildman–Crippen LogP) is 3.84. The van der Waals surface area contributed by atoms with E-state index in [1.54, 1.807) is 11.3 Å². The summed E-state index contributed by atoms with van der Waals surface area (Å²) in [5, 5.41) is 12.7. The van der Waals surface area contributed by atoms with Crippen LogP contribution in [0.15, 0.2) is 46.7 Å². The maximum Gasteiger partial charge on any atom is 0.269 e. The van der Waals surface area contributed by atoms with Crippen molar-refractivity contribution in [2.45, 2.75) is 42.4 Å². The Morgan fingerprint density at radius 3 is 2.36 bits per heavy atom. The molecule has 1 saturated carbocycles. The number of nitrogens with zero attached hydrogens (tertiary/aromatic N) is 1. The first-order chi connectivity index (χ1) is 11.9. The molecule has 0 radical (unpaired) electrons. The minimum absolute atomic E-state index is 0.0511. The fourth-order valence-electron chi connectivity index (χ4n) is 3.38. The zero-order valence-electron chi connectivity index (χ0n) is 13.7. The first-order valence-electron chi connectivity index (χ1n) is 8.21. The van der Waals surface area contributed by atoms with Crippen molar-refractivity contribution in [3.05, 3.63) is 56.8 Å². The van der Waals surface area contributed by atoms with Gasteiger partial charge in [-0.3, -0.25) is 10.1 Å². The number of hydrogen-bond donors (Lipinski definition) is 1. The molecule has 0 aliphatic heterocycles. The lowest BCUT2D eigenvalue weighted by atomic mass is 9.73. The molecule has 0 unspecified atom stereocenters. The summed E-state index contributed by atoms with van der Waals surface area (Å²) in [6, 6.07) is 9.06. The second kappa shape index (κ2) is 7.23. The van der Waals surface area contributed by atoms with Crippen molar-refractivity contribution in [2.24, 2.45) is 0 Å². The molecule has 6 nitrogen and oxygen atoms in total. The number of nitro benzene ring substituents is 1. The van der Waals surface area contributed by atoms with Gasteiger partial charge in [0.05, 0.1) is 9.82 Å². The van der Waals surface area contributed by atoms with Crippen LogP contribution in [0, 0.1) is 10.1 Å². The largest absolute Gasteiger partial charge is 0.269 e. The van der Waals surface area contributed by atoms with Crippen LogP contribution in [-0.4, -0.2) is 19.9 Å². The molecule has 1 aromatic heterocycles. The van der Waals surface area contributed by atoms with E-state index >= 15 is 0 Å². The van der Waals surface area contributed by atoms with Crippen LogP contribution < -0.4 is 4.72 Å². The lowest BCUT2D eigenvalue weighted by molar-refractivity contribution is -0.384. The molecule has 2 aromatic rings. The molecule has 1 aliphatic carbocycles. The van der Waals surface area contributed by atoms with Crippen molar-refractivity contribution in [1.82, 2.24) is 4.72 Å². The predicted molar refractivity (Wildman–Crippen MR) is 97.4 cm³/mol. The molecule has 1 N–H and O–H groups in total. The molecule has 0 spiro atoms. The van der Waals surface area contributed by atoms with E-state index in [-0.39, 0.29) is 16.0 Å². The van der Waals surface area contributed by atoms with Gasteiger partial charge in [0.25, 0.3) is 5.69 Å². The van der Waals surface area contributed by atoms with Gasteiger partial charge in [0, 0.05) is 29.0 Å². The quantitative estimate of drug-likeness (QED) is 0.609. The number of rotatable bonds is 6. The number of nitrogens with one attached hydrogen (secondary N) is 1. The summed E-state index contributed by atoms with van der Waals surface area (Å²) < 4.78 is 27.9. The summed E-state index contributed by atoms with van der Waals surface area (Å²) in [6.45, 7) is 0.354. The average molecular weight is 380 g/mol. The second-order valence-corrected chi connectivity index (χ2v) is 9.11. The first-order valence-corrected chi connectivity index (χ1v) is 10.6. The minimum atomic E-state index is -3.70. The smallest absolute Gasteiger partial charge is 0.258 e. The van der Waals surface area contributed by atoms with Crippen LogP contribution in [0.25, 0.3) is 0 Å². The molecule has 3 rings (SSSR count). The number of benzene rings is 1. The average Bonchev–Trinajstić information content (AvgIpc) is 3.16. The number of non-ortho nitro benzene ring substituents is 1. The van der Waals surface area contributed by atoms with E-state index in [0.717, 1.165) is 25.7 Å². The normalized spacial score (nSPS) is 17.3. The highest BCUT2D eigenvalue weighted by Gasteiger charge is 2.36. The second-order valence-electron chi connectivity index (χ2n) is 6.39. The third-order valence-electron chi connectivity index (χ3n) is 4.81. The third-order valence-corrected chi connectivity index (χ3v) is 7.35. The van der Waals surface area contributed by atoms with Crippen molar-refractivity contribution >= 4 is 27.0 Å². The molecule has 1 aliphatic rings. The van der Waals surface area contributed by atoms with Crippen LogP contribution >= 0.6 is 11.3 Å². The van der Waals surface area contributed by atoms with Crippen molar-refractivity contribution in [3.63, 3.8) is 0 Å². The Morgan fingerprint density at radius 1 is 1.12 bits per heavy atom. The van der Waals surface area contributed by atoms with Crippen molar-refractivity contribution < 1.29 is 13.3 Å². The van der Waals surface area contributed by atoms with Crippen LogP contribution in [0.2, 0.25) is 0 Å². The van der Waals surface area contributed by atoms with E-state index in [2.05, 4.69) is 10.8 Å². The molecule has 1 heterocycles. The zero-order chi connectivity index (χ0) is 17.9. The molecule has 25 heavy (non-hydrogen) atoms. The molecule has 8 heteroatoms. The van der Waals surface area contributed by atoms with E-state index < -0.39 is 14.9 Å².